The van der Waals surface area contributed by atoms with Gasteiger partial charge in [-0.2, -0.15) is 15.0 Å². The molecule has 0 aliphatic heterocycles. The molecule has 6 nitrogen and oxygen atoms in total. The van der Waals surface area contributed by atoms with E-state index in [0.717, 1.165) is 76.9 Å². The minimum absolute atomic E-state index is 0.554. The molecule has 0 aliphatic carbocycles. The molecule has 0 spiro atoms. The SMILES string of the molecule is c1ccc(-c2ccc(-c3nc(-n4c5ccccc5c5ccccc54)nc(-n4c5ccccc5c5ccc6ccn(-c7ccccc7)c6c54)n3)cc2)cc1. The number of fused-ring (bicyclic) bond motifs is 8. The monoisotopic (exact) mass is 678 g/mol. The van der Waals surface area contributed by atoms with Gasteiger partial charge in [0.1, 0.15) is 0 Å². The van der Waals surface area contributed by atoms with Gasteiger partial charge < -0.3 is 4.57 Å². The lowest BCUT2D eigenvalue weighted by Gasteiger charge is -2.14. The molecule has 11 rings (SSSR count). The molecule has 0 saturated heterocycles. The van der Waals surface area contributed by atoms with Crippen molar-refractivity contribution in [3.63, 3.8) is 0 Å². The van der Waals surface area contributed by atoms with E-state index in [0.29, 0.717) is 17.7 Å². The first-order chi connectivity index (χ1) is 26.3. The number of hydrogen-bond acceptors (Lipinski definition) is 3. The Morgan fingerprint density at radius 3 is 1.51 bits per heavy atom. The summed E-state index contributed by atoms with van der Waals surface area (Å²) in [6.07, 6.45) is 2.15. The van der Waals surface area contributed by atoms with E-state index in [1.54, 1.807) is 0 Å². The molecule has 0 aliphatic rings. The van der Waals surface area contributed by atoms with Crippen LogP contribution in [-0.4, -0.2) is 28.7 Å². The number of benzene rings is 7. The highest BCUT2D eigenvalue weighted by atomic mass is 15.3. The van der Waals surface area contributed by atoms with Crippen LogP contribution in [0.1, 0.15) is 0 Å². The van der Waals surface area contributed by atoms with Gasteiger partial charge >= 0.3 is 0 Å². The summed E-state index contributed by atoms with van der Waals surface area (Å²) in [5, 5.41) is 5.71. The molecule has 0 amide bonds. The first-order valence-electron chi connectivity index (χ1n) is 17.8. The Bertz CT molecular complexity index is 3100. The normalized spacial score (nSPS) is 11.8. The Morgan fingerprint density at radius 2 is 0.849 bits per heavy atom. The van der Waals surface area contributed by atoms with Gasteiger partial charge in [0.25, 0.3) is 0 Å². The van der Waals surface area contributed by atoms with Gasteiger partial charge in [0, 0.05) is 44.4 Å². The van der Waals surface area contributed by atoms with Gasteiger partial charge in [-0.15, -0.1) is 0 Å². The zero-order valence-corrected chi connectivity index (χ0v) is 28.5. The second-order valence-corrected chi connectivity index (χ2v) is 13.3. The van der Waals surface area contributed by atoms with Gasteiger partial charge in [0.05, 0.1) is 27.6 Å². The molecule has 0 bridgehead atoms. The van der Waals surface area contributed by atoms with Gasteiger partial charge in [-0.3, -0.25) is 9.13 Å². The molecule has 0 saturated carbocycles. The standard InChI is InChI=1S/C47H30N6/c1-3-13-31(14-4-1)32-23-25-34(26-24-32)45-48-46(52-40-20-10-7-17-36(40)37-18-8-11-21-41(37)52)50-47(49-45)53-42-22-12-9-19-38(42)39-28-27-33-29-30-51(43(33)44(39)53)35-15-5-2-6-16-35/h1-30H. The Morgan fingerprint density at radius 1 is 0.340 bits per heavy atom. The van der Waals surface area contributed by atoms with E-state index in [1.165, 1.54) is 0 Å². The molecule has 0 N–H and O–H groups in total. The Balaban J connectivity index is 1.24. The highest BCUT2D eigenvalue weighted by molar-refractivity contribution is 6.18. The fourth-order valence-electron chi connectivity index (χ4n) is 7.95. The van der Waals surface area contributed by atoms with Crippen LogP contribution in [-0.2, 0) is 0 Å². The summed E-state index contributed by atoms with van der Waals surface area (Å²) >= 11 is 0. The number of nitrogens with zero attached hydrogens (tertiary/aromatic N) is 6. The van der Waals surface area contributed by atoms with Crippen molar-refractivity contribution < 1.29 is 0 Å². The van der Waals surface area contributed by atoms with E-state index in [4.69, 9.17) is 15.0 Å². The second-order valence-electron chi connectivity index (χ2n) is 13.3. The van der Waals surface area contributed by atoms with Gasteiger partial charge in [0.2, 0.25) is 11.9 Å². The Hall–Kier alpha value is -7.31. The van der Waals surface area contributed by atoms with Crippen LogP contribution in [0.4, 0.5) is 0 Å². The maximum atomic E-state index is 5.40. The van der Waals surface area contributed by atoms with Crippen molar-refractivity contribution in [2.75, 3.05) is 0 Å². The molecular formula is C47H30N6. The zero-order valence-electron chi connectivity index (χ0n) is 28.5. The second kappa shape index (κ2) is 11.6. The number of rotatable bonds is 5. The van der Waals surface area contributed by atoms with Crippen molar-refractivity contribution >= 4 is 54.5 Å². The molecule has 0 unspecified atom stereocenters. The lowest BCUT2D eigenvalue weighted by Crippen LogP contribution is -2.10. The van der Waals surface area contributed by atoms with Crippen molar-refractivity contribution in [3.8, 4) is 40.1 Å². The van der Waals surface area contributed by atoms with Crippen LogP contribution < -0.4 is 0 Å². The van der Waals surface area contributed by atoms with Crippen molar-refractivity contribution in [1.82, 2.24) is 28.7 Å². The Labute approximate surface area is 304 Å². The molecule has 11 aromatic rings. The smallest absolute Gasteiger partial charge is 0.240 e. The maximum Gasteiger partial charge on any atom is 0.240 e. The largest absolute Gasteiger partial charge is 0.315 e. The van der Waals surface area contributed by atoms with E-state index in [1.807, 2.05) is 6.07 Å². The van der Waals surface area contributed by atoms with Crippen LogP contribution in [0.5, 0.6) is 0 Å². The van der Waals surface area contributed by atoms with E-state index in [9.17, 15) is 0 Å². The topological polar surface area (TPSA) is 53.5 Å². The molecule has 4 aromatic heterocycles. The molecule has 7 aromatic carbocycles. The van der Waals surface area contributed by atoms with Crippen LogP contribution in [0, 0.1) is 0 Å². The summed E-state index contributed by atoms with van der Waals surface area (Å²) in [7, 11) is 0. The van der Waals surface area contributed by atoms with E-state index < -0.39 is 0 Å². The molecule has 248 valence electrons. The third-order valence-corrected chi connectivity index (χ3v) is 10.4. The highest BCUT2D eigenvalue weighted by Crippen LogP contribution is 2.38. The summed E-state index contributed by atoms with van der Waals surface area (Å²) in [5.74, 6) is 1.72. The fraction of sp³-hybridized carbons (Fsp3) is 0. The Kier molecular flexibility index (Phi) is 6.45. The predicted octanol–water partition coefficient (Wildman–Crippen LogP) is 11.3. The minimum Gasteiger partial charge on any atom is -0.315 e. The van der Waals surface area contributed by atoms with Gasteiger partial charge in [0.15, 0.2) is 5.82 Å². The summed E-state index contributed by atoms with van der Waals surface area (Å²) in [6, 6.07) is 61.5. The molecule has 4 heterocycles. The summed E-state index contributed by atoms with van der Waals surface area (Å²) in [4.78, 5) is 16.0. The van der Waals surface area contributed by atoms with E-state index >= 15 is 0 Å². The first-order valence-corrected chi connectivity index (χ1v) is 17.8. The molecule has 0 fully saturated rings. The lowest BCUT2D eigenvalue weighted by atomic mass is 10.0. The van der Waals surface area contributed by atoms with Crippen molar-refractivity contribution in [3.05, 3.63) is 182 Å². The van der Waals surface area contributed by atoms with E-state index in [-0.39, 0.29) is 0 Å². The molecule has 0 radical (unpaired) electrons. The molecular weight excluding hydrogens is 649 g/mol. The number of para-hydroxylation sites is 4. The number of hydrogen-bond donors (Lipinski definition) is 0. The third kappa shape index (κ3) is 4.56. The van der Waals surface area contributed by atoms with Crippen molar-refractivity contribution in [1.29, 1.82) is 0 Å². The summed E-state index contributed by atoms with van der Waals surface area (Å²) in [6.45, 7) is 0. The molecule has 6 heteroatoms. The zero-order chi connectivity index (χ0) is 34.9. The van der Waals surface area contributed by atoms with Gasteiger partial charge in [-0.05, 0) is 47.5 Å². The summed E-state index contributed by atoms with van der Waals surface area (Å²) in [5.41, 5.74) is 9.55. The van der Waals surface area contributed by atoms with Gasteiger partial charge in [-0.25, -0.2) is 0 Å². The minimum atomic E-state index is 0.554. The van der Waals surface area contributed by atoms with Crippen LogP contribution in [0.15, 0.2) is 182 Å². The lowest BCUT2D eigenvalue weighted by molar-refractivity contribution is 0.893. The maximum absolute atomic E-state index is 5.40. The average molecular weight is 679 g/mol. The van der Waals surface area contributed by atoms with Crippen LogP contribution >= 0.6 is 0 Å². The number of aromatic nitrogens is 6. The van der Waals surface area contributed by atoms with Crippen LogP contribution in [0.3, 0.4) is 0 Å². The fourth-order valence-corrected chi connectivity index (χ4v) is 7.95. The third-order valence-electron chi connectivity index (χ3n) is 10.4. The van der Waals surface area contributed by atoms with Crippen molar-refractivity contribution in [2.45, 2.75) is 0 Å². The molecule has 0 atom stereocenters. The summed E-state index contributed by atoms with van der Waals surface area (Å²) < 4.78 is 6.67. The average Bonchev–Trinajstić information content (AvgIpc) is 3.92. The quantitative estimate of drug-likeness (QED) is 0.182. The predicted molar refractivity (Wildman–Crippen MR) is 216 cm³/mol. The first kappa shape index (κ1) is 29.4. The van der Waals surface area contributed by atoms with Gasteiger partial charge in [-0.1, -0.05) is 140 Å². The highest BCUT2D eigenvalue weighted by Gasteiger charge is 2.22. The molecule has 53 heavy (non-hydrogen) atoms. The van der Waals surface area contributed by atoms with Crippen LogP contribution in [0.25, 0.3) is 94.6 Å². The van der Waals surface area contributed by atoms with Crippen LogP contribution in [0.2, 0.25) is 0 Å². The van der Waals surface area contributed by atoms with Crippen molar-refractivity contribution in [2.24, 2.45) is 0 Å². The van der Waals surface area contributed by atoms with E-state index in [2.05, 4.69) is 190 Å².